The summed E-state index contributed by atoms with van der Waals surface area (Å²) >= 11 is 5.05. The number of amides is 1. The zero-order chi connectivity index (χ0) is 17.6. The fraction of sp³-hybridized carbons (Fsp3) is 0.467. The van der Waals surface area contributed by atoms with E-state index in [1.54, 1.807) is 12.1 Å². The Morgan fingerprint density at radius 2 is 1.88 bits per heavy atom. The summed E-state index contributed by atoms with van der Waals surface area (Å²) in [5.41, 5.74) is 0.609. The number of hydrogen-bond donors (Lipinski definition) is 2. The number of nitrogens with zero attached hydrogens (tertiary/aromatic N) is 1. The number of hydrogen-bond acceptors (Lipinski definition) is 5. The molecule has 2 rings (SSSR count). The van der Waals surface area contributed by atoms with Gasteiger partial charge < -0.3 is 15.4 Å². The minimum Gasteiger partial charge on any atom is -0.379 e. The van der Waals surface area contributed by atoms with E-state index in [4.69, 9.17) is 17.0 Å². The highest BCUT2D eigenvalue weighted by Crippen LogP contribution is 2.19. The van der Waals surface area contributed by atoms with Crippen molar-refractivity contribution in [2.45, 2.75) is 24.7 Å². The van der Waals surface area contributed by atoms with Gasteiger partial charge in [0.05, 0.1) is 18.1 Å². The molecule has 0 unspecified atom stereocenters. The first-order chi connectivity index (χ1) is 11.4. The number of benzene rings is 1. The zero-order valence-corrected chi connectivity index (χ0v) is 15.1. The summed E-state index contributed by atoms with van der Waals surface area (Å²) in [6, 6.07) is 6.27. The molecule has 1 saturated heterocycles. The van der Waals surface area contributed by atoms with Crippen molar-refractivity contribution >= 4 is 38.9 Å². The summed E-state index contributed by atoms with van der Waals surface area (Å²) in [4.78, 5) is 11.7. The largest absolute Gasteiger partial charge is 0.379 e. The molecule has 0 radical (unpaired) electrons. The van der Waals surface area contributed by atoms with Gasteiger partial charge in [-0.15, -0.1) is 0 Å². The second-order valence-corrected chi connectivity index (χ2v) is 7.64. The van der Waals surface area contributed by atoms with Gasteiger partial charge in [-0.25, -0.2) is 8.42 Å². The van der Waals surface area contributed by atoms with Crippen molar-refractivity contribution in [3.8, 4) is 0 Å². The van der Waals surface area contributed by atoms with Crippen LogP contribution in [0.25, 0.3) is 0 Å². The highest BCUT2D eigenvalue weighted by Gasteiger charge is 2.26. The third kappa shape index (κ3) is 4.97. The Morgan fingerprint density at radius 3 is 2.46 bits per heavy atom. The Balaban J connectivity index is 1.99. The third-order valence-electron chi connectivity index (χ3n) is 3.45. The Labute approximate surface area is 147 Å². The molecule has 2 N–H and O–H groups in total. The summed E-state index contributed by atoms with van der Waals surface area (Å²) in [5.74, 6) is -0.151. The second kappa shape index (κ2) is 8.52. The molecule has 0 aliphatic carbocycles. The fourth-order valence-corrected chi connectivity index (χ4v) is 3.86. The van der Waals surface area contributed by atoms with E-state index in [1.807, 2.05) is 6.92 Å². The molecule has 1 aliphatic rings. The average molecular weight is 371 g/mol. The van der Waals surface area contributed by atoms with Gasteiger partial charge in [0.25, 0.3) is 0 Å². The normalized spacial score (nSPS) is 15.7. The van der Waals surface area contributed by atoms with E-state index in [1.165, 1.54) is 16.4 Å². The molecule has 0 bridgehead atoms. The molecule has 1 heterocycles. The zero-order valence-electron chi connectivity index (χ0n) is 13.4. The van der Waals surface area contributed by atoms with Crippen LogP contribution in [-0.2, 0) is 19.6 Å². The first-order valence-corrected chi connectivity index (χ1v) is 9.57. The number of sulfonamides is 1. The van der Waals surface area contributed by atoms with E-state index < -0.39 is 10.0 Å². The maximum absolute atomic E-state index is 12.5. The van der Waals surface area contributed by atoms with Gasteiger partial charge >= 0.3 is 0 Å². The van der Waals surface area contributed by atoms with E-state index >= 15 is 0 Å². The van der Waals surface area contributed by atoms with Crippen molar-refractivity contribution < 1.29 is 17.9 Å². The van der Waals surface area contributed by atoms with Crippen LogP contribution in [0.2, 0.25) is 0 Å². The first kappa shape index (κ1) is 18.8. The predicted octanol–water partition coefficient (Wildman–Crippen LogP) is 1.32. The van der Waals surface area contributed by atoms with Crippen LogP contribution in [0.3, 0.4) is 0 Å². The minimum absolute atomic E-state index is 0.151. The van der Waals surface area contributed by atoms with Crippen molar-refractivity contribution in [3.63, 3.8) is 0 Å². The number of nitrogens with one attached hydrogen (secondary N) is 2. The summed E-state index contributed by atoms with van der Waals surface area (Å²) in [5, 5.41) is 5.62. The molecule has 0 aromatic heterocycles. The van der Waals surface area contributed by atoms with Crippen molar-refractivity contribution in [1.82, 2.24) is 9.62 Å². The van der Waals surface area contributed by atoms with Crippen molar-refractivity contribution in [3.05, 3.63) is 24.3 Å². The highest BCUT2D eigenvalue weighted by atomic mass is 32.2. The lowest BCUT2D eigenvalue weighted by molar-refractivity contribution is -0.119. The number of thiocarbonyl (C=S) groups is 1. The molecule has 1 aromatic rings. The maximum Gasteiger partial charge on any atom is 0.243 e. The summed E-state index contributed by atoms with van der Waals surface area (Å²) in [7, 11) is -3.51. The summed E-state index contributed by atoms with van der Waals surface area (Å²) < 4.78 is 31.6. The first-order valence-electron chi connectivity index (χ1n) is 7.72. The van der Waals surface area contributed by atoms with E-state index in [0.717, 1.165) is 6.42 Å². The van der Waals surface area contributed by atoms with Crippen molar-refractivity contribution in [1.29, 1.82) is 0 Å². The van der Waals surface area contributed by atoms with Gasteiger partial charge in [-0.1, -0.05) is 6.92 Å². The molecule has 24 heavy (non-hydrogen) atoms. The molecule has 1 amide bonds. The molecule has 7 nitrogen and oxygen atoms in total. The molecule has 0 atom stereocenters. The molecule has 9 heteroatoms. The maximum atomic E-state index is 12.5. The van der Waals surface area contributed by atoms with E-state index in [0.29, 0.717) is 38.4 Å². The van der Waals surface area contributed by atoms with Crippen LogP contribution in [0.15, 0.2) is 29.2 Å². The van der Waals surface area contributed by atoms with Crippen LogP contribution in [0.1, 0.15) is 19.8 Å². The second-order valence-electron chi connectivity index (χ2n) is 5.29. The van der Waals surface area contributed by atoms with E-state index in [9.17, 15) is 13.2 Å². The molecule has 132 valence electrons. The van der Waals surface area contributed by atoms with Crippen LogP contribution in [-0.4, -0.2) is 50.0 Å². The number of ether oxygens (including phenoxy) is 1. The Hall–Kier alpha value is -1.55. The quantitative estimate of drug-likeness (QED) is 0.759. The van der Waals surface area contributed by atoms with Gasteiger partial charge in [0, 0.05) is 25.2 Å². The molecular weight excluding hydrogens is 350 g/mol. The SMILES string of the molecule is CCCC(=O)NC(=S)Nc1ccc(S(=O)(=O)N2CCOCC2)cc1. The summed E-state index contributed by atoms with van der Waals surface area (Å²) in [6.45, 7) is 3.44. The van der Waals surface area contributed by atoms with Crippen LogP contribution < -0.4 is 10.6 Å². The molecule has 1 aliphatic heterocycles. The van der Waals surface area contributed by atoms with Crippen LogP contribution in [0.4, 0.5) is 5.69 Å². The smallest absolute Gasteiger partial charge is 0.243 e. The van der Waals surface area contributed by atoms with E-state index in [-0.39, 0.29) is 15.9 Å². The molecule has 0 saturated carbocycles. The van der Waals surface area contributed by atoms with Crippen LogP contribution in [0.5, 0.6) is 0 Å². The summed E-state index contributed by atoms with van der Waals surface area (Å²) in [6.07, 6.45) is 1.14. The van der Waals surface area contributed by atoms with E-state index in [2.05, 4.69) is 10.6 Å². The predicted molar refractivity (Wildman–Crippen MR) is 95.3 cm³/mol. The molecule has 1 fully saturated rings. The van der Waals surface area contributed by atoms with Gasteiger partial charge in [-0.05, 0) is 42.9 Å². The van der Waals surface area contributed by atoms with Gasteiger partial charge in [0.15, 0.2) is 5.11 Å². The average Bonchev–Trinajstić information content (AvgIpc) is 2.56. The van der Waals surface area contributed by atoms with Gasteiger partial charge in [0.1, 0.15) is 0 Å². The van der Waals surface area contributed by atoms with Crippen LogP contribution >= 0.6 is 12.2 Å². The minimum atomic E-state index is -3.51. The lowest BCUT2D eigenvalue weighted by atomic mass is 10.3. The molecule has 1 aromatic carbocycles. The van der Waals surface area contributed by atoms with Crippen molar-refractivity contribution in [2.75, 3.05) is 31.6 Å². The lowest BCUT2D eigenvalue weighted by Gasteiger charge is -2.26. The number of carbonyl (C=O) groups is 1. The number of anilines is 1. The molecular formula is C15H21N3O4S2. The van der Waals surface area contributed by atoms with Gasteiger partial charge in [0.2, 0.25) is 15.9 Å². The Morgan fingerprint density at radius 1 is 1.25 bits per heavy atom. The Bertz CT molecular complexity index is 683. The standard InChI is InChI=1S/C15H21N3O4S2/c1-2-3-14(19)17-15(23)16-12-4-6-13(7-5-12)24(20,21)18-8-10-22-11-9-18/h4-7H,2-3,8-11H2,1H3,(H2,16,17,19,23). The lowest BCUT2D eigenvalue weighted by Crippen LogP contribution is -2.40. The van der Waals surface area contributed by atoms with Crippen LogP contribution in [0, 0.1) is 0 Å². The Kier molecular flexibility index (Phi) is 6.67. The molecule has 0 spiro atoms. The fourth-order valence-electron chi connectivity index (χ4n) is 2.22. The number of rotatable bonds is 5. The number of carbonyl (C=O) groups excluding carboxylic acids is 1. The third-order valence-corrected chi connectivity index (χ3v) is 5.57. The topological polar surface area (TPSA) is 87.7 Å². The van der Waals surface area contributed by atoms with Crippen molar-refractivity contribution in [2.24, 2.45) is 0 Å². The van der Waals surface area contributed by atoms with Gasteiger partial charge in [-0.3, -0.25) is 4.79 Å². The van der Waals surface area contributed by atoms with Gasteiger partial charge in [-0.2, -0.15) is 4.31 Å². The number of morpholine rings is 1. The highest BCUT2D eigenvalue weighted by molar-refractivity contribution is 7.89. The monoisotopic (exact) mass is 371 g/mol.